The van der Waals surface area contributed by atoms with Crippen LogP contribution in [-0.2, 0) is 24.8 Å². The molecule has 5 rings (SSSR count). The van der Waals surface area contributed by atoms with Gasteiger partial charge in [-0.25, -0.2) is 4.68 Å². The summed E-state index contributed by atoms with van der Waals surface area (Å²) in [5.74, 6) is 0.350. The second-order valence-corrected chi connectivity index (χ2v) is 8.10. The highest BCUT2D eigenvalue weighted by atomic mass is 16.2. The monoisotopic (exact) mass is 413 g/mol. The van der Waals surface area contributed by atoms with Gasteiger partial charge in [0.15, 0.2) is 0 Å². The van der Waals surface area contributed by atoms with Gasteiger partial charge in [-0.2, -0.15) is 5.10 Å². The summed E-state index contributed by atoms with van der Waals surface area (Å²) in [7, 11) is 2.00. The average molecular weight is 413 g/mol. The smallest absolute Gasteiger partial charge is 0.266 e. The van der Waals surface area contributed by atoms with Crippen molar-refractivity contribution in [1.29, 1.82) is 0 Å². The molecule has 1 fully saturated rings. The van der Waals surface area contributed by atoms with Crippen LogP contribution in [0, 0.1) is 5.92 Å². The van der Waals surface area contributed by atoms with Gasteiger partial charge in [0.25, 0.3) is 5.56 Å². The molecule has 0 saturated carbocycles. The van der Waals surface area contributed by atoms with Gasteiger partial charge in [0, 0.05) is 67.2 Å². The van der Waals surface area contributed by atoms with E-state index in [0.29, 0.717) is 26.1 Å². The molecular formula is C24H23N5O2. The molecule has 1 amide bonds. The highest BCUT2D eigenvalue weighted by Gasteiger charge is 2.31. The third-order valence-electron chi connectivity index (χ3n) is 5.89. The molecule has 0 radical (unpaired) electrons. The third kappa shape index (κ3) is 3.74. The Morgan fingerprint density at radius 2 is 1.94 bits per heavy atom. The summed E-state index contributed by atoms with van der Waals surface area (Å²) in [5.41, 5.74) is 3.64. The summed E-state index contributed by atoms with van der Waals surface area (Å²) < 4.78 is 3.56. The maximum absolute atomic E-state index is 12.8. The summed E-state index contributed by atoms with van der Waals surface area (Å²) in [6.45, 7) is 1.80. The van der Waals surface area contributed by atoms with Crippen molar-refractivity contribution in [2.75, 3.05) is 13.1 Å². The second kappa shape index (κ2) is 7.83. The average Bonchev–Trinajstić information content (AvgIpc) is 3.07. The zero-order valence-electron chi connectivity index (χ0n) is 17.3. The molecule has 0 N–H and O–H groups in total. The lowest BCUT2D eigenvalue weighted by atomic mass is 9.98. The quantitative estimate of drug-likeness (QED) is 0.504. The Morgan fingerprint density at radius 1 is 1.10 bits per heavy atom. The van der Waals surface area contributed by atoms with Crippen LogP contribution in [0.15, 0.2) is 71.9 Å². The van der Waals surface area contributed by atoms with E-state index in [0.717, 1.165) is 27.7 Å². The molecule has 0 unspecified atom stereocenters. The largest absolute Gasteiger partial charge is 0.350 e. The maximum atomic E-state index is 12.8. The van der Waals surface area contributed by atoms with Crippen molar-refractivity contribution in [2.45, 2.75) is 13.0 Å². The summed E-state index contributed by atoms with van der Waals surface area (Å²) in [6, 6.07) is 15.2. The molecule has 1 aliphatic heterocycles. The molecule has 1 aliphatic rings. The molecule has 0 bridgehead atoms. The van der Waals surface area contributed by atoms with Gasteiger partial charge in [0.2, 0.25) is 5.91 Å². The minimum atomic E-state index is -0.131. The molecule has 7 heteroatoms. The molecule has 31 heavy (non-hydrogen) atoms. The number of para-hydroxylation sites is 1. The Balaban J connectivity index is 1.23. The molecule has 1 saturated heterocycles. The molecule has 3 aromatic heterocycles. The lowest BCUT2D eigenvalue weighted by Crippen LogP contribution is -2.52. The highest BCUT2D eigenvalue weighted by molar-refractivity contribution is 5.89. The van der Waals surface area contributed by atoms with E-state index in [4.69, 9.17) is 0 Å². The number of aromatic nitrogens is 4. The van der Waals surface area contributed by atoms with Crippen LogP contribution < -0.4 is 5.56 Å². The van der Waals surface area contributed by atoms with Crippen molar-refractivity contribution in [3.05, 3.63) is 83.0 Å². The Morgan fingerprint density at radius 3 is 2.74 bits per heavy atom. The first kappa shape index (κ1) is 19.2. The van der Waals surface area contributed by atoms with Gasteiger partial charge in [-0.3, -0.25) is 14.6 Å². The predicted molar refractivity (Wildman–Crippen MR) is 118 cm³/mol. The van der Waals surface area contributed by atoms with Gasteiger partial charge in [0.05, 0.1) is 18.7 Å². The molecule has 4 aromatic rings. The van der Waals surface area contributed by atoms with Crippen molar-refractivity contribution in [3.8, 4) is 11.3 Å². The third-order valence-corrected chi connectivity index (χ3v) is 5.89. The van der Waals surface area contributed by atoms with Crippen molar-refractivity contribution >= 4 is 16.8 Å². The summed E-state index contributed by atoms with van der Waals surface area (Å²) in [6.07, 6.45) is 5.86. The highest BCUT2D eigenvalue weighted by Crippen LogP contribution is 2.24. The minimum Gasteiger partial charge on any atom is -0.350 e. The van der Waals surface area contributed by atoms with Crippen molar-refractivity contribution in [2.24, 2.45) is 13.0 Å². The number of carbonyl (C=O) groups is 1. The number of rotatable bonds is 5. The Bertz CT molecular complexity index is 1300. The Labute approximate surface area is 179 Å². The van der Waals surface area contributed by atoms with E-state index in [1.807, 2.05) is 42.4 Å². The number of hydrogen-bond acceptors (Lipinski definition) is 4. The van der Waals surface area contributed by atoms with Crippen LogP contribution in [-0.4, -0.2) is 43.2 Å². The first-order valence-electron chi connectivity index (χ1n) is 10.4. The Hall–Kier alpha value is -3.74. The lowest BCUT2D eigenvalue weighted by molar-refractivity contribution is -0.137. The molecule has 4 heterocycles. The fraction of sp³-hybridized carbons (Fsp3) is 0.250. The number of hydrogen-bond donors (Lipinski definition) is 0. The van der Waals surface area contributed by atoms with Crippen LogP contribution in [0.5, 0.6) is 0 Å². The van der Waals surface area contributed by atoms with E-state index in [-0.39, 0.29) is 17.4 Å². The van der Waals surface area contributed by atoms with E-state index in [2.05, 4.69) is 26.8 Å². The van der Waals surface area contributed by atoms with E-state index in [1.165, 1.54) is 10.7 Å². The number of aryl methyl sites for hydroxylation is 1. The van der Waals surface area contributed by atoms with Crippen molar-refractivity contribution in [1.82, 2.24) is 24.2 Å². The van der Waals surface area contributed by atoms with E-state index >= 15 is 0 Å². The number of carbonyl (C=O) groups excluding carboxylic acids is 1. The number of fused-ring (bicyclic) bond motifs is 1. The van der Waals surface area contributed by atoms with Gasteiger partial charge in [-0.05, 0) is 29.8 Å². The van der Waals surface area contributed by atoms with Gasteiger partial charge in [0.1, 0.15) is 0 Å². The molecular weight excluding hydrogens is 390 g/mol. The summed E-state index contributed by atoms with van der Waals surface area (Å²) in [4.78, 5) is 31.0. The van der Waals surface area contributed by atoms with Gasteiger partial charge in [-0.15, -0.1) is 0 Å². The number of nitrogens with zero attached hydrogens (tertiary/aromatic N) is 5. The molecule has 1 aromatic carbocycles. The lowest BCUT2D eigenvalue weighted by Gasteiger charge is -2.39. The second-order valence-electron chi connectivity index (χ2n) is 8.10. The Kier molecular flexibility index (Phi) is 4.86. The van der Waals surface area contributed by atoms with Crippen molar-refractivity contribution in [3.63, 3.8) is 0 Å². The zero-order valence-corrected chi connectivity index (χ0v) is 17.3. The van der Waals surface area contributed by atoms with Crippen LogP contribution >= 0.6 is 0 Å². The summed E-state index contributed by atoms with van der Waals surface area (Å²) >= 11 is 0. The number of benzene rings is 1. The van der Waals surface area contributed by atoms with Crippen LogP contribution in [0.1, 0.15) is 5.56 Å². The standard InChI is InChI=1S/C24H23N5O2/c1-27-16-19(20-6-2-3-7-22(20)27)11-24(31)28-13-17(14-28)15-29-23(30)9-8-21(26-29)18-5-4-10-25-12-18/h2-10,12,16-17H,11,13-15H2,1H3. The maximum Gasteiger partial charge on any atom is 0.266 e. The number of pyridine rings is 1. The minimum absolute atomic E-state index is 0.122. The predicted octanol–water partition coefficient (Wildman–Crippen LogP) is 2.50. The first-order valence-corrected chi connectivity index (χ1v) is 10.4. The first-order chi connectivity index (χ1) is 15.1. The van der Waals surface area contributed by atoms with Crippen LogP contribution in [0.25, 0.3) is 22.2 Å². The normalized spacial score (nSPS) is 14.0. The number of amides is 1. The van der Waals surface area contributed by atoms with Crippen LogP contribution in [0.4, 0.5) is 0 Å². The van der Waals surface area contributed by atoms with Gasteiger partial charge >= 0.3 is 0 Å². The summed E-state index contributed by atoms with van der Waals surface area (Å²) in [5, 5.41) is 5.62. The topological polar surface area (TPSA) is 73.0 Å². The van der Waals surface area contributed by atoms with Crippen LogP contribution in [0.2, 0.25) is 0 Å². The van der Waals surface area contributed by atoms with E-state index in [1.54, 1.807) is 18.5 Å². The molecule has 156 valence electrons. The molecule has 0 aliphatic carbocycles. The molecule has 7 nitrogen and oxygen atoms in total. The SMILES string of the molecule is Cn1cc(CC(=O)N2CC(Cn3nc(-c4cccnc4)ccc3=O)C2)c2ccccc21. The zero-order chi connectivity index (χ0) is 21.4. The van der Waals surface area contributed by atoms with Gasteiger partial charge in [-0.1, -0.05) is 18.2 Å². The van der Waals surface area contributed by atoms with Crippen molar-refractivity contribution < 1.29 is 4.79 Å². The van der Waals surface area contributed by atoms with E-state index in [9.17, 15) is 9.59 Å². The molecule has 0 atom stereocenters. The van der Waals surface area contributed by atoms with E-state index < -0.39 is 0 Å². The van der Waals surface area contributed by atoms with Gasteiger partial charge < -0.3 is 9.47 Å². The van der Waals surface area contributed by atoms with Crippen LogP contribution in [0.3, 0.4) is 0 Å². The molecule has 0 spiro atoms. The fourth-order valence-electron chi connectivity index (χ4n) is 4.22. The fourth-order valence-corrected chi connectivity index (χ4v) is 4.22. The number of likely N-dealkylation sites (tertiary alicyclic amines) is 1.